The molecule has 8 nitrogen and oxygen atoms in total. The zero-order chi connectivity index (χ0) is 26.3. The minimum absolute atomic E-state index is 0.126. The lowest BCUT2D eigenvalue weighted by Gasteiger charge is -2.15. The molecule has 0 aromatic heterocycles. The largest absolute Gasteiger partial charge is 0.483 e. The Bertz CT molecular complexity index is 1340. The average molecular weight is 522 g/mol. The van der Waals surface area contributed by atoms with Crippen molar-refractivity contribution >= 4 is 27.5 Å². The van der Waals surface area contributed by atoms with Gasteiger partial charge in [0.05, 0.1) is 11.3 Å². The molecular weight excluding hydrogens is 490 g/mol. The molecule has 4 rings (SSSR count). The minimum Gasteiger partial charge on any atom is -0.483 e. The minimum atomic E-state index is -3.69. The number of sulfonamides is 1. The quantitative estimate of drug-likeness (QED) is 0.424. The molecule has 0 radical (unpaired) electrons. The monoisotopic (exact) mass is 521 g/mol. The van der Waals surface area contributed by atoms with E-state index in [-0.39, 0.29) is 29.9 Å². The summed E-state index contributed by atoms with van der Waals surface area (Å²) in [4.78, 5) is 26.7. The number of anilines is 1. The van der Waals surface area contributed by atoms with Crippen LogP contribution >= 0.6 is 0 Å². The Hall–Kier alpha value is -3.69. The summed E-state index contributed by atoms with van der Waals surface area (Å²) in [6, 6.07) is 21.0. The number of ether oxygens (including phenoxy) is 1. The maximum atomic E-state index is 12.7. The van der Waals surface area contributed by atoms with Crippen LogP contribution in [0.3, 0.4) is 0 Å². The van der Waals surface area contributed by atoms with Crippen molar-refractivity contribution in [2.24, 2.45) is 0 Å². The zero-order valence-corrected chi connectivity index (χ0v) is 21.6. The Balaban J connectivity index is 1.26. The van der Waals surface area contributed by atoms with Crippen LogP contribution in [0.25, 0.3) is 0 Å². The van der Waals surface area contributed by atoms with Gasteiger partial charge >= 0.3 is 0 Å². The maximum absolute atomic E-state index is 12.7. The molecule has 9 heteroatoms. The van der Waals surface area contributed by atoms with Gasteiger partial charge < -0.3 is 15.0 Å². The van der Waals surface area contributed by atoms with Crippen LogP contribution in [0.5, 0.6) is 5.75 Å². The van der Waals surface area contributed by atoms with Crippen LogP contribution in [0.2, 0.25) is 0 Å². The van der Waals surface area contributed by atoms with Gasteiger partial charge in [-0.1, -0.05) is 42.5 Å². The summed E-state index contributed by atoms with van der Waals surface area (Å²) in [5.74, 6) is 0.207. The molecule has 2 amide bonds. The summed E-state index contributed by atoms with van der Waals surface area (Å²) in [5.41, 5.74) is 2.96. The fourth-order valence-corrected chi connectivity index (χ4v) is 5.21. The van der Waals surface area contributed by atoms with Crippen molar-refractivity contribution in [3.63, 3.8) is 0 Å². The third kappa shape index (κ3) is 7.41. The summed E-state index contributed by atoms with van der Waals surface area (Å²) < 4.78 is 33.5. The third-order valence-electron chi connectivity index (χ3n) is 6.18. The summed E-state index contributed by atoms with van der Waals surface area (Å²) in [7, 11) is -3.69. The van der Waals surface area contributed by atoms with E-state index < -0.39 is 10.0 Å². The van der Waals surface area contributed by atoms with Crippen LogP contribution in [-0.4, -0.2) is 44.8 Å². The average Bonchev–Trinajstić information content (AvgIpc) is 3.44. The van der Waals surface area contributed by atoms with Gasteiger partial charge in [0.2, 0.25) is 15.9 Å². The van der Waals surface area contributed by atoms with Crippen LogP contribution in [0.1, 0.15) is 29.5 Å². The highest BCUT2D eigenvalue weighted by Gasteiger charge is 2.18. The molecule has 3 aromatic carbocycles. The summed E-state index contributed by atoms with van der Waals surface area (Å²) >= 11 is 0. The standard InChI is InChI=1S/C28H31N3O5S/c1-21-17-25(37(34,35)29-19-23-7-3-2-4-8-23)13-14-26(21)36-20-27(32)30-24-11-9-22(10-12-24)18-28(33)31-15-5-6-16-31/h2-4,7-14,17,29H,5-6,15-16,18-20H2,1H3,(H,30,32). The van der Waals surface area contributed by atoms with E-state index in [0.29, 0.717) is 23.4 Å². The zero-order valence-electron chi connectivity index (χ0n) is 20.8. The van der Waals surface area contributed by atoms with E-state index in [2.05, 4.69) is 10.0 Å². The van der Waals surface area contributed by atoms with Crippen molar-refractivity contribution in [1.29, 1.82) is 0 Å². The first-order chi connectivity index (χ1) is 17.8. The molecule has 194 valence electrons. The number of carbonyl (C=O) groups excluding carboxylic acids is 2. The molecule has 0 unspecified atom stereocenters. The molecule has 0 bridgehead atoms. The van der Waals surface area contributed by atoms with E-state index in [4.69, 9.17) is 4.74 Å². The van der Waals surface area contributed by atoms with Crippen molar-refractivity contribution < 1.29 is 22.7 Å². The highest BCUT2D eigenvalue weighted by molar-refractivity contribution is 7.89. The number of carbonyl (C=O) groups is 2. The lowest BCUT2D eigenvalue weighted by molar-refractivity contribution is -0.129. The predicted octanol–water partition coefficient (Wildman–Crippen LogP) is 3.66. The van der Waals surface area contributed by atoms with Crippen molar-refractivity contribution in [1.82, 2.24) is 9.62 Å². The van der Waals surface area contributed by atoms with Crippen LogP contribution in [0.4, 0.5) is 5.69 Å². The van der Waals surface area contributed by atoms with Crippen molar-refractivity contribution in [3.8, 4) is 5.75 Å². The van der Waals surface area contributed by atoms with E-state index in [1.807, 2.05) is 47.4 Å². The number of benzene rings is 3. The van der Waals surface area contributed by atoms with Crippen molar-refractivity contribution in [2.75, 3.05) is 25.0 Å². The Morgan fingerprint density at radius 3 is 2.30 bits per heavy atom. The number of hydrogen-bond donors (Lipinski definition) is 2. The molecule has 1 heterocycles. The smallest absolute Gasteiger partial charge is 0.262 e. The molecule has 0 saturated carbocycles. The SMILES string of the molecule is Cc1cc(S(=O)(=O)NCc2ccccc2)ccc1OCC(=O)Nc1ccc(CC(=O)N2CCCC2)cc1. The van der Waals surface area contributed by atoms with Gasteiger partial charge in [-0.2, -0.15) is 0 Å². The second-order valence-corrected chi connectivity index (χ2v) is 10.8. The molecule has 1 saturated heterocycles. The third-order valence-corrected chi connectivity index (χ3v) is 7.58. The fourth-order valence-electron chi connectivity index (χ4n) is 4.11. The predicted molar refractivity (Wildman–Crippen MR) is 142 cm³/mol. The molecule has 0 aliphatic carbocycles. The highest BCUT2D eigenvalue weighted by Crippen LogP contribution is 2.22. The van der Waals surface area contributed by atoms with Gasteiger partial charge in [0.15, 0.2) is 6.61 Å². The highest BCUT2D eigenvalue weighted by atomic mass is 32.2. The molecule has 2 N–H and O–H groups in total. The number of likely N-dealkylation sites (tertiary alicyclic amines) is 1. The Labute approximate surface area is 217 Å². The maximum Gasteiger partial charge on any atom is 0.262 e. The molecule has 37 heavy (non-hydrogen) atoms. The van der Waals surface area contributed by atoms with Gasteiger partial charge in [-0.25, -0.2) is 13.1 Å². The molecule has 0 spiro atoms. The number of rotatable bonds is 10. The lowest BCUT2D eigenvalue weighted by atomic mass is 10.1. The molecular formula is C28H31N3O5S. The van der Waals surface area contributed by atoms with Crippen LogP contribution in [0.15, 0.2) is 77.7 Å². The Morgan fingerprint density at radius 1 is 0.919 bits per heavy atom. The molecule has 1 aliphatic heterocycles. The Kier molecular flexibility index (Phi) is 8.58. The van der Waals surface area contributed by atoms with Gasteiger partial charge in [0.1, 0.15) is 5.75 Å². The van der Waals surface area contributed by atoms with Crippen LogP contribution in [0, 0.1) is 6.92 Å². The summed E-state index contributed by atoms with van der Waals surface area (Å²) in [5, 5.41) is 2.77. The van der Waals surface area contributed by atoms with E-state index in [1.165, 1.54) is 12.1 Å². The first-order valence-electron chi connectivity index (χ1n) is 12.2. The second-order valence-electron chi connectivity index (χ2n) is 9.04. The molecule has 1 fully saturated rings. The second kappa shape index (κ2) is 12.0. The Morgan fingerprint density at radius 2 is 1.62 bits per heavy atom. The first kappa shape index (κ1) is 26.4. The van der Waals surface area contributed by atoms with E-state index in [0.717, 1.165) is 37.1 Å². The normalized spacial score (nSPS) is 13.4. The molecule has 0 atom stereocenters. The van der Waals surface area contributed by atoms with E-state index in [1.54, 1.807) is 25.1 Å². The number of aryl methyl sites for hydroxylation is 1. The van der Waals surface area contributed by atoms with Crippen molar-refractivity contribution in [3.05, 3.63) is 89.5 Å². The number of nitrogens with zero attached hydrogens (tertiary/aromatic N) is 1. The van der Waals surface area contributed by atoms with Gasteiger partial charge in [0.25, 0.3) is 5.91 Å². The topological polar surface area (TPSA) is 105 Å². The van der Waals surface area contributed by atoms with Gasteiger partial charge in [-0.05, 0) is 66.8 Å². The van der Waals surface area contributed by atoms with Gasteiger partial charge in [0, 0.05) is 25.3 Å². The van der Waals surface area contributed by atoms with E-state index >= 15 is 0 Å². The van der Waals surface area contributed by atoms with Crippen LogP contribution < -0.4 is 14.8 Å². The van der Waals surface area contributed by atoms with Crippen molar-refractivity contribution in [2.45, 2.75) is 37.6 Å². The molecule has 3 aromatic rings. The number of amides is 2. The number of nitrogens with one attached hydrogen (secondary N) is 2. The first-order valence-corrected chi connectivity index (χ1v) is 13.7. The lowest BCUT2D eigenvalue weighted by Crippen LogP contribution is -2.29. The van der Waals surface area contributed by atoms with Crippen LogP contribution in [-0.2, 0) is 32.6 Å². The summed E-state index contributed by atoms with van der Waals surface area (Å²) in [6.45, 7) is 3.35. The summed E-state index contributed by atoms with van der Waals surface area (Å²) in [6.07, 6.45) is 2.48. The van der Waals surface area contributed by atoms with E-state index in [9.17, 15) is 18.0 Å². The fraction of sp³-hybridized carbons (Fsp3) is 0.286. The number of hydrogen-bond acceptors (Lipinski definition) is 5. The van der Waals surface area contributed by atoms with Gasteiger partial charge in [-0.15, -0.1) is 0 Å². The van der Waals surface area contributed by atoms with Gasteiger partial charge in [-0.3, -0.25) is 9.59 Å². The molecule has 1 aliphatic rings.